The zero-order valence-corrected chi connectivity index (χ0v) is 14.2. The van der Waals surface area contributed by atoms with E-state index in [1.165, 1.54) is 43.3 Å². The number of likely N-dealkylation sites (N-methyl/N-ethyl adjacent to an activating group) is 1. The van der Waals surface area contributed by atoms with Gasteiger partial charge in [-0.3, -0.25) is 14.4 Å². The molecule has 1 atom stereocenters. The Labute approximate surface area is 145 Å². The Kier molecular flexibility index (Phi) is 6.10. The maximum absolute atomic E-state index is 12.3. The number of carbonyl (C=O) groups excluding carboxylic acids is 4. The summed E-state index contributed by atoms with van der Waals surface area (Å²) in [6, 6.07) is 5.44. The normalized spacial score (nSPS) is 16.2. The minimum Gasteiger partial charge on any atom is -0.465 e. The summed E-state index contributed by atoms with van der Waals surface area (Å²) in [6.07, 6.45) is 1.38. The molecule has 1 aromatic carbocycles. The van der Waals surface area contributed by atoms with Crippen molar-refractivity contribution in [2.24, 2.45) is 0 Å². The Morgan fingerprint density at radius 1 is 1.16 bits per heavy atom. The lowest BCUT2D eigenvalue weighted by molar-refractivity contribution is -0.137. The maximum Gasteiger partial charge on any atom is 0.337 e. The fraction of sp³-hybridized carbons (Fsp3) is 0.412. The number of rotatable bonds is 5. The molecule has 134 valence electrons. The van der Waals surface area contributed by atoms with Crippen molar-refractivity contribution in [2.75, 3.05) is 27.2 Å². The molecule has 1 heterocycles. The van der Waals surface area contributed by atoms with Crippen LogP contribution in [-0.2, 0) is 14.3 Å². The molecule has 0 bridgehead atoms. The molecule has 3 amide bonds. The van der Waals surface area contributed by atoms with E-state index in [1.54, 1.807) is 0 Å². The summed E-state index contributed by atoms with van der Waals surface area (Å²) in [5.74, 6) is -1.42. The average Bonchev–Trinajstić information content (AvgIpc) is 3.14. The van der Waals surface area contributed by atoms with Crippen LogP contribution in [-0.4, -0.2) is 61.9 Å². The topological polar surface area (TPSA) is 105 Å². The number of nitrogens with one attached hydrogen (secondary N) is 2. The molecule has 0 saturated carbocycles. The number of hydrogen-bond donors (Lipinski definition) is 2. The van der Waals surface area contributed by atoms with Gasteiger partial charge in [0.05, 0.1) is 19.2 Å². The lowest BCUT2D eigenvalue weighted by Crippen LogP contribution is -2.48. The van der Waals surface area contributed by atoms with E-state index in [2.05, 4.69) is 15.4 Å². The smallest absolute Gasteiger partial charge is 0.337 e. The highest BCUT2D eigenvalue weighted by molar-refractivity contribution is 5.98. The van der Waals surface area contributed by atoms with Crippen molar-refractivity contribution in [3.8, 4) is 0 Å². The predicted octanol–water partition coefficient (Wildman–Crippen LogP) is -0.0600. The highest BCUT2D eigenvalue weighted by Crippen LogP contribution is 2.17. The van der Waals surface area contributed by atoms with E-state index in [1.807, 2.05) is 0 Å². The monoisotopic (exact) mass is 347 g/mol. The summed E-state index contributed by atoms with van der Waals surface area (Å²) in [5, 5.41) is 5.08. The van der Waals surface area contributed by atoms with E-state index >= 15 is 0 Å². The number of benzene rings is 1. The average molecular weight is 347 g/mol. The maximum atomic E-state index is 12.3. The van der Waals surface area contributed by atoms with Crippen LogP contribution >= 0.6 is 0 Å². The molecule has 8 nitrogen and oxygen atoms in total. The number of amides is 3. The van der Waals surface area contributed by atoms with Crippen LogP contribution in [0.5, 0.6) is 0 Å². The Bertz CT molecular complexity index is 671. The second kappa shape index (κ2) is 8.27. The predicted molar refractivity (Wildman–Crippen MR) is 88.9 cm³/mol. The van der Waals surface area contributed by atoms with E-state index in [-0.39, 0.29) is 18.4 Å². The zero-order chi connectivity index (χ0) is 18.4. The third-order valence-corrected chi connectivity index (χ3v) is 4.09. The first-order chi connectivity index (χ1) is 12.0. The Morgan fingerprint density at radius 3 is 2.40 bits per heavy atom. The second-order valence-corrected chi connectivity index (χ2v) is 5.61. The number of likely N-dealkylation sites (tertiary alicyclic amines) is 1. The second-order valence-electron chi connectivity index (χ2n) is 5.61. The highest BCUT2D eigenvalue weighted by atomic mass is 16.5. The van der Waals surface area contributed by atoms with Gasteiger partial charge in [-0.15, -0.1) is 0 Å². The molecule has 2 N–H and O–H groups in total. The van der Waals surface area contributed by atoms with E-state index in [0.29, 0.717) is 24.1 Å². The van der Waals surface area contributed by atoms with Crippen LogP contribution in [0.25, 0.3) is 0 Å². The van der Waals surface area contributed by atoms with Gasteiger partial charge in [0.1, 0.15) is 6.04 Å². The van der Waals surface area contributed by atoms with Gasteiger partial charge in [-0.05, 0) is 37.1 Å². The van der Waals surface area contributed by atoms with Gasteiger partial charge < -0.3 is 20.3 Å². The number of hydrogen-bond acceptors (Lipinski definition) is 5. The molecule has 1 aromatic rings. The Hall–Kier alpha value is -2.90. The van der Waals surface area contributed by atoms with Crippen molar-refractivity contribution in [2.45, 2.75) is 18.9 Å². The Balaban J connectivity index is 1.92. The third-order valence-electron chi connectivity index (χ3n) is 4.09. The van der Waals surface area contributed by atoms with Crippen LogP contribution in [0.15, 0.2) is 24.3 Å². The van der Waals surface area contributed by atoms with Crippen LogP contribution in [0.3, 0.4) is 0 Å². The number of ether oxygens (including phenoxy) is 1. The number of methoxy groups -OCH3 is 1. The lowest BCUT2D eigenvalue weighted by atomic mass is 10.1. The van der Waals surface area contributed by atoms with Crippen LogP contribution < -0.4 is 10.6 Å². The molecule has 25 heavy (non-hydrogen) atoms. The largest absolute Gasteiger partial charge is 0.465 e. The quantitative estimate of drug-likeness (QED) is 0.726. The molecular formula is C17H21N3O5. The molecular weight excluding hydrogens is 326 g/mol. The van der Waals surface area contributed by atoms with Gasteiger partial charge in [-0.1, -0.05) is 0 Å². The van der Waals surface area contributed by atoms with E-state index in [0.717, 1.165) is 6.42 Å². The van der Waals surface area contributed by atoms with Gasteiger partial charge in [0.2, 0.25) is 11.8 Å². The molecule has 1 fully saturated rings. The van der Waals surface area contributed by atoms with E-state index < -0.39 is 17.9 Å². The standard InChI is InChI=1S/C17H21N3O5/c1-18-16(23)13-4-3-9-20(13)14(21)10-19-15(22)11-5-7-12(8-6-11)17(24)25-2/h5-8,13H,3-4,9-10H2,1-2H3,(H,18,23)(H,19,22). The van der Waals surface area contributed by atoms with Gasteiger partial charge in [-0.2, -0.15) is 0 Å². The molecule has 0 radical (unpaired) electrons. The molecule has 1 aliphatic heterocycles. The third kappa shape index (κ3) is 4.34. The number of esters is 1. The lowest BCUT2D eigenvalue weighted by Gasteiger charge is -2.23. The summed E-state index contributed by atoms with van der Waals surface area (Å²) < 4.78 is 4.59. The number of carbonyl (C=O) groups is 4. The Morgan fingerprint density at radius 2 is 1.80 bits per heavy atom. The highest BCUT2D eigenvalue weighted by Gasteiger charge is 2.33. The van der Waals surface area contributed by atoms with Gasteiger partial charge >= 0.3 is 5.97 Å². The van der Waals surface area contributed by atoms with Crippen molar-refractivity contribution in [1.82, 2.24) is 15.5 Å². The molecule has 1 saturated heterocycles. The van der Waals surface area contributed by atoms with Gasteiger partial charge in [-0.25, -0.2) is 4.79 Å². The number of nitrogens with zero attached hydrogens (tertiary/aromatic N) is 1. The summed E-state index contributed by atoms with van der Waals surface area (Å²) >= 11 is 0. The van der Waals surface area contributed by atoms with Gasteiger partial charge in [0, 0.05) is 19.2 Å². The fourth-order valence-corrected chi connectivity index (χ4v) is 2.74. The van der Waals surface area contributed by atoms with Crippen LogP contribution in [0, 0.1) is 0 Å². The molecule has 8 heteroatoms. The molecule has 0 spiro atoms. The summed E-state index contributed by atoms with van der Waals surface area (Å²) in [4.78, 5) is 49.0. The minimum absolute atomic E-state index is 0.189. The molecule has 0 aromatic heterocycles. The molecule has 0 aliphatic carbocycles. The molecule has 1 aliphatic rings. The van der Waals surface area contributed by atoms with Crippen molar-refractivity contribution >= 4 is 23.7 Å². The minimum atomic E-state index is -0.489. The van der Waals surface area contributed by atoms with E-state index in [9.17, 15) is 19.2 Å². The first-order valence-corrected chi connectivity index (χ1v) is 7.95. The van der Waals surface area contributed by atoms with Crippen LogP contribution in [0.4, 0.5) is 0 Å². The van der Waals surface area contributed by atoms with E-state index in [4.69, 9.17) is 0 Å². The van der Waals surface area contributed by atoms with Gasteiger partial charge in [0.25, 0.3) is 5.91 Å². The van der Waals surface area contributed by atoms with Gasteiger partial charge in [0.15, 0.2) is 0 Å². The van der Waals surface area contributed by atoms with Crippen molar-refractivity contribution in [1.29, 1.82) is 0 Å². The summed E-state index contributed by atoms with van der Waals surface area (Å²) in [5.41, 5.74) is 0.658. The van der Waals surface area contributed by atoms with Crippen molar-refractivity contribution in [3.63, 3.8) is 0 Å². The zero-order valence-electron chi connectivity index (χ0n) is 14.2. The summed E-state index contributed by atoms with van der Waals surface area (Å²) in [6.45, 7) is 0.311. The molecule has 1 unspecified atom stereocenters. The fourth-order valence-electron chi connectivity index (χ4n) is 2.74. The van der Waals surface area contributed by atoms with Crippen molar-refractivity contribution < 1.29 is 23.9 Å². The molecule has 2 rings (SSSR count). The first-order valence-electron chi connectivity index (χ1n) is 7.95. The van der Waals surface area contributed by atoms with Crippen LogP contribution in [0.1, 0.15) is 33.6 Å². The first kappa shape index (κ1) is 18.4. The summed E-state index contributed by atoms with van der Waals surface area (Å²) in [7, 11) is 2.81. The van der Waals surface area contributed by atoms with Crippen molar-refractivity contribution in [3.05, 3.63) is 35.4 Å². The van der Waals surface area contributed by atoms with Crippen LogP contribution in [0.2, 0.25) is 0 Å². The SMILES string of the molecule is CNC(=O)C1CCCN1C(=O)CNC(=O)c1ccc(C(=O)OC)cc1.